The van der Waals surface area contributed by atoms with E-state index in [2.05, 4.69) is 0 Å². The van der Waals surface area contributed by atoms with Crippen molar-refractivity contribution in [3.05, 3.63) is 0 Å². The van der Waals surface area contributed by atoms with Crippen molar-refractivity contribution in [3.8, 4) is 0 Å². The quantitative estimate of drug-likeness (QED) is 0.262. The number of alkyl halides is 2. The number of hydrogen-bond acceptors (Lipinski definition) is 8. The molecule has 0 saturated carbocycles. The molecule has 4 N–H and O–H groups in total. The Morgan fingerprint density at radius 3 is 2.52 bits per heavy atom. The van der Waals surface area contributed by atoms with Gasteiger partial charge in [0.05, 0.1) is 0 Å². The Hall–Kier alpha value is 0.410. The Kier molecular flexibility index (Phi) is 9.48. The van der Waals surface area contributed by atoms with E-state index in [1.165, 1.54) is 7.11 Å². The maximum absolute atomic E-state index is 10.1. The molecule has 0 amide bonds. The molecule has 9 heteroatoms. The molecule has 2 saturated heterocycles. The third-order valence-electron chi connectivity index (χ3n) is 3.13. The van der Waals surface area contributed by atoms with Crippen molar-refractivity contribution in [2.75, 3.05) is 29.9 Å². The molecule has 6 atom stereocenters. The van der Waals surface area contributed by atoms with Crippen molar-refractivity contribution in [1.29, 1.82) is 0 Å². The van der Waals surface area contributed by atoms with Crippen LogP contribution < -0.4 is 21.2 Å². The summed E-state index contributed by atoms with van der Waals surface area (Å²) in [5.41, 5.74) is 0. The number of aliphatic hydroxyl groups is 4. The zero-order chi connectivity index (χ0) is 15.8. The van der Waals surface area contributed by atoms with Crippen LogP contribution in [0.1, 0.15) is 6.42 Å². The monoisotopic (exact) mass is 423 g/mol. The molecule has 0 radical (unpaired) electrons. The topological polar surface area (TPSA) is 118 Å². The minimum atomic E-state index is -0.830. The third-order valence-corrected chi connectivity index (χ3v) is 5.45. The van der Waals surface area contributed by atoms with Crippen LogP contribution >= 0.6 is 0 Å². The molecule has 0 spiro atoms. The standard InChI is InChI=1S/C11H20IO7.CH4O/c1-16-9-2-6(14)10(8(4-13)18-9)19-11-7(15)3-12-5-17-11;1-2/h6-11,13-15H,2-5H2,1H3;2H,1H3/q-1;/t6-,7-,8-,9+,10+,11-;/m1./s1. The number of halogens is 1. The second kappa shape index (κ2) is 10.2. The number of aliphatic hydroxyl groups excluding tert-OH is 4. The van der Waals surface area contributed by atoms with Gasteiger partial charge in [0, 0.05) is 7.11 Å². The zero-order valence-corrected chi connectivity index (χ0v) is 14.2. The molecule has 8 nitrogen and oxygen atoms in total. The number of ether oxygens (including phenoxy) is 4. The van der Waals surface area contributed by atoms with E-state index < -0.39 is 37.0 Å². The predicted octanol–water partition coefficient (Wildman–Crippen LogP) is -5.14. The van der Waals surface area contributed by atoms with Gasteiger partial charge in [-0.15, -0.1) is 0 Å². The van der Waals surface area contributed by atoms with E-state index in [0.717, 1.165) is 7.11 Å². The summed E-state index contributed by atoms with van der Waals surface area (Å²) in [6, 6.07) is 0. The first-order chi connectivity index (χ1) is 10.2. The fourth-order valence-electron chi connectivity index (χ4n) is 2.12. The second-order valence-corrected chi connectivity index (χ2v) is 7.06. The van der Waals surface area contributed by atoms with Crippen LogP contribution in [0, 0.1) is 0 Å². The molecule has 2 aliphatic heterocycles. The van der Waals surface area contributed by atoms with E-state index in [0.29, 0.717) is 9.04 Å². The first-order valence-electron chi connectivity index (χ1n) is 6.56. The van der Waals surface area contributed by atoms with E-state index in [1.54, 1.807) is 0 Å². The van der Waals surface area contributed by atoms with Crippen LogP contribution in [0.3, 0.4) is 0 Å². The van der Waals surface area contributed by atoms with Gasteiger partial charge in [-0.05, 0) is 0 Å². The van der Waals surface area contributed by atoms with Crippen molar-refractivity contribution >= 4 is 0 Å². The molecule has 0 aromatic heterocycles. The number of rotatable bonds is 4. The van der Waals surface area contributed by atoms with Gasteiger partial charge in [0.2, 0.25) is 0 Å². The molecule has 0 unspecified atom stereocenters. The van der Waals surface area contributed by atoms with Crippen LogP contribution in [0.25, 0.3) is 0 Å². The van der Waals surface area contributed by atoms with Gasteiger partial charge >= 0.3 is 122 Å². The fraction of sp³-hybridized carbons (Fsp3) is 1.00. The summed E-state index contributed by atoms with van der Waals surface area (Å²) >= 11 is -0.129. The van der Waals surface area contributed by atoms with E-state index in [9.17, 15) is 15.3 Å². The van der Waals surface area contributed by atoms with Gasteiger partial charge < -0.3 is 5.11 Å². The van der Waals surface area contributed by atoms with E-state index in [-0.39, 0.29) is 34.2 Å². The van der Waals surface area contributed by atoms with Crippen LogP contribution in [0.2, 0.25) is 0 Å². The third kappa shape index (κ3) is 5.52. The molecule has 2 heterocycles. The molecule has 0 aliphatic carbocycles. The summed E-state index contributed by atoms with van der Waals surface area (Å²) in [6.07, 6.45) is -3.99. The van der Waals surface area contributed by atoms with Crippen molar-refractivity contribution in [1.82, 2.24) is 0 Å². The average Bonchev–Trinajstić information content (AvgIpc) is 2.52. The summed E-state index contributed by atoms with van der Waals surface area (Å²) in [6.45, 7) is -0.294. The Labute approximate surface area is 134 Å². The molecular formula is C12H24IO8-. The molecule has 0 aromatic carbocycles. The van der Waals surface area contributed by atoms with E-state index in [4.69, 9.17) is 24.1 Å². The van der Waals surface area contributed by atoms with Gasteiger partial charge in [-0.25, -0.2) is 0 Å². The predicted molar refractivity (Wildman–Crippen MR) is 67.0 cm³/mol. The Bertz CT molecular complexity index is 282. The molecule has 2 rings (SSSR count). The Morgan fingerprint density at radius 1 is 1.24 bits per heavy atom. The zero-order valence-electron chi connectivity index (χ0n) is 12.1. The van der Waals surface area contributed by atoms with Gasteiger partial charge in [0.25, 0.3) is 0 Å². The van der Waals surface area contributed by atoms with Gasteiger partial charge in [-0.2, -0.15) is 0 Å². The Morgan fingerprint density at radius 2 is 1.95 bits per heavy atom. The SMILES string of the molecule is CO.CO[C@@H]1C[C@@H](O)[C@H](O[C@H]2OC[I-]C[C@H]2O)[C@@H](CO)O1. The van der Waals surface area contributed by atoms with Gasteiger partial charge in [0.1, 0.15) is 0 Å². The molecule has 0 bridgehead atoms. The van der Waals surface area contributed by atoms with Crippen LogP contribution in [0.5, 0.6) is 0 Å². The first-order valence-corrected chi connectivity index (χ1v) is 9.61. The van der Waals surface area contributed by atoms with Gasteiger partial charge in [-0.1, -0.05) is 0 Å². The van der Waals surface area contributed by atoms with Crippen LogP contribution in [0.4, 0.5) is 0 Å². The van der Waals surface area contributed by atoms with E-state index in [1.807, 2.05) is 0 Å². The second-order valence-electron chi connectivity index (χ2n) is 4.48. The summed E-state index contributed by atoms with van der Waals surface area (Å²) in [5, 5.41) is 36.2. The van der Waals surface area contributed by atoms with Gasteiger partial charge in [-0.3, -0.25) is 0 Å². The van der Waals surface area contributed by atoms with Crippen LogP contribution in [-0.4, -0.2) is 87.3 Å². The van der Waals surface area contributed by atoms with Gasteiger partial charge in [0.15, 0.2) is 0 Å². The maximum atomic E-state index is 10.1. The van der Waals surface area contributed by atoms with Crippen molar-refractivity contribution in [2.24, 2.45) is 0 Å². The molecule has 2 aliphatic rings. The fourth-order valence-corrected chi connectivity index (χ4v) is 4.03. The summed E-state index contributed by atoms with van der Waals surface area (Å²) in [5.74, 6) is 0. The first kappa shape index (κ1) is 19.5. The molecule has 0 aromatic rings. The summed E-state index contributed by atoms with van der Waals surface area (Å²) < 4.78 is 22.8. The van der Waals surface area contributed by atoms with Crippen molar-refractivity contribution in [2.45, 2.75) is 43.4 Å². The van der Waals surface area contributed by atoms with E-state index >= 15 is 0 Å². The number of hydrogen-bond donors (Lipinski definition) is 4. The normalized spacial score (nSPS) is 40.7. The minimum absolute atomic E-state index is 0.129. The summed E-state index contributed by atoms with van der Waals surface area (Å²) in [7, 11) is 2.48. The van der Waals surface area contributed by atoms with Crippen molar-refractivity contribution in [3.63, 3.8) is 0 Å². The van der Waals surface area contributed by atoms with Crippen molar-refractivity contribution < 1.29 is 60.6 Å². The molecule has 21 heavy (non-hydrogen) atoms. The van der Waals surface area contributed by atoms with Crippen LogP contribution in [0.15, 0.2) is 0 Å². The summed E-state index contributed by atoms with van der Waals surface area (Å²) in [4.78, 5) is 0. The molecule has 2 fully saturated rings. The average molecular weight is 423 g/mol. The molecular weight excluding hydrogens is 399 g/mol. The van der Waals surface area contributed by atoms with Crippen LogP contribution in [-0.2, 0) is 18.9 Å². The molecule has 128 valence electrons. The number of methoxy groups -OCH3 is 1. The Balaban J connectivity index is 0.00000106.